The van der Waals surface area contributed by atoms with Crippen molar-refractivity contribution in [3.63, 3.8) is 0 Å². The van der Waals surface area contributed by atoms with Crippen LogP contribution < -0.4 is 15.2 Å². The lowest BCUT2D eigenvalue weighted by Crippen LogP contribution is -2.33. The van der Waals surface area contributed by atoms with E-state index in [-0.39, 0.29) is 18.7 Å². The van der Waals surface area contributed by atoms with Crippen LogP contribution in [0.2, 0.25) is 0 Å². The lowest BCUT2D eigenvalue weighted by atomic mass is 9.94. The van der Waals surface area contributed by atoms with Crippen molar-refractivity contribution in [2.75, 3.05) is 13.9 Å². The molecule has 1 aromatic carbocycles. The summed E-state index contributed by atoms with van der Waals surface area (Å²) in [6.07, 6.45) is 1.43. The van der Waals surface area contributed by atoms with Crippen LogP contribution in [0.4, 0.5) is 0 Å². The first-order valence-corrected chi connectivity index (χ1v) is 6.32. The molecule has 0 aromatic heterocycles. The minimum absolute atomic E-state index is 0.279. The maximum atomic E-state index is 11.3. The molecule has 19 heavy (non-hydrogen) atoms. The Labute approximate surface area is 112 Å². The largest absolute Gasteiger partial charge is 0.468 e. The van der Waals surface area contributed by atoms with E-state index in [1.54, 1.807) is 0 Å². The molecule has 2 rings (SSSR count). The van der Waals surface area contributed by atoms with Crippen molar-refractivity contribution in [3.8, 4) is 11.5 Å². The van der Waals surface area contributed by atoms with Gasteiger partial charge in [-0.05, 0) is 36.5 Å². The van der Waals surface area contributed by atoms with E-state index in [2.05, 4.69) is 11.7 Å². The molecule has 104 valence electrons. The molecule has 1 heterocycles. The minimum Gasteiger partial charge on any atom is -0.468 e. The average molecular weight is 265 g/mol. The van der Waals surface area contributed by atoms with Crippen LogP contribution in [0.25, 0.3) is 0 Å². The molecule has 2 unspecified atom stereocenters. The maximum absolute atomic E-state index is 11.3. The zero-order valence-electron chi connectivity index (χ0n) is 11.2. The highest BCUT2D eigenvalue weighted by Gasteiger charge is 2.19. The maximum Gasteiger partial charge on any atom is 0.322 e. The Balaban J connectivity index is 1.92. The van der Waals surface area contributed by atoms with Crippen molar-refractivity contribution in [2.45, 2.75) is 25.8 Å². The second-order valence-electron chi connectivity index (χ2n) is 4.86. The Hall–Kier alpha value is -1.75. The number of nitrogens with two attached hydrogens (primary N) is 1. The monoisotopic (exact) mass is 265 g/mol. The van der Waals surface area contributed by atoms with E-state index in [1.165, 1.54) is 7.11 Å². The summed E-state index contributed by atoms with van der Waals surface area (Å²) < 4.78 is 15.2. The molecular formula is C14H19NO4. The third kappa shape index (κ3) is 3.38. The first-order chi connectivity index (χ1) is 9.10. The number of hydrogen-bond acceptors (Lipinski definition) is 5. The minimum atomic E-state index is -0.561. The number of hydrogen-bond donors (Lipinski definition) is 1. The van der Waals surface area contributed by atoms with Crippen molar-refractivity contribution in [1.29, 1.82) is 0 Å². The fourth-order valence-corrected chi connectivity index (χ4v) is 2.23. The third-order valence-electron chi connectivity index (χ3n) is 3.18. The first kappa shape index (κ1) is 13.7. The molecule has 2 atom stereocenters. The van der Waals surface area contributed by atoms with Gasteiger partial charge >= 0.3 is 5.97 Å². The molecule has 2 N–H and O–H groups in total. The summed E-state index contributed by atoms with van der Waals surface area (Å²) in [5.74, 6) is 1.48. The first-order valence-electron chi connectivity index (χ1n) is 6.32. The predicted octanol–water partition coefficient (Wildman–Crippen LogP) is 1.48. The Morgan fingerprint density at radius 3 is 2.89 bits per heavy atom. The molecule has 0 saturated carbocycles. The molecule has 1 aliphatic heterocycles. The lowest BCUT2D eigenvalue weighted by Gasteiger charge is -2.15. The van der Waals surface area contributed by atoms with E-state index in [9.17, 15) is 4.79 Å². The highest BCUT2D eigenvalue weighted by atomic mass is 16.7. The van der Waals surface area contributed by atoms with Crippen LogP contribution in [0.3, 0.4) is 0 Å². The second kappa shape index (κ2) is 5.93. The highest BCUT2D eigenvalue weighted by Crippen LogP contribution is 2.33. The molecule has 0 amide bonds. The number of carbonyl (C=O) groups excluding carboxylic acids is 1. The molecule has 0 fully saturated rings. The predicted molar refractivity (Wildman–Crippen MR) is 70.0 cm³/mol. The molecule has 5 nitrogen and oxygen atoms in total. The van der Waals surface area contributed by atoms with Crippen LogP contribution in [-0.2, 0) is 16.0 Å². The number of benzene rings is 1. The van der Waals surface area contributed by atoms with Gasteiger partial charge in [0.05, 0.1) is 7.11 Å². The third-order valence-corrected chi connectivity index (χ3v) is 3.18. The van der Waals surface area contributed by atoms with Crippen LogP contribution >= 0.6 is 0 Å². The zero-order valence-corrected chi connectivity index (χ0v) is 11.2. The molecule has 0 radical (unpaired) electrons. The number of methoxy groups -OCH3 is 1. The van der Waals surface area contributed by atoms with Crippen molar-refractivity contribution in [1.82, 2.24) is 0 Å². The summed E-state index contributed by atoms with van der Waals surface area (Å²) in [4.78, 5) is 11.3. The summed E-state index contributed by atoms with van der Waals surface area (Å²) in [6.45, 7) is 2.34. The smallest absolute Gasteiger partial charge is 0.322 e. The van der Waals surface area contributed by atoms with E-state index in [4.69, 9.17) is 15.2 Å². The van der Waals surface area contributed by atoms with Crippen molar-refractivity contribution >= 4 is 5.97 Å². The van der Waals surface area contributed by atoms with Crippen LogP contribution in [0, 0.1) is 5.92 Å². The van der Waals surface area contributed by atoms with Crippen LogP contribution in [0.5, 0.6) is 11.5 Å². The molecular weight excluding hydrogens is 246 g/mol. The van der Waals surface area contributed by atoms with Gasteiger partial charge in [-0.15, -0.1) is 0 Å². The molecule has 0 saturated heterocycles. The Kier molecular flexibility index (Phi) is 4.27. The van der Waals surface area contributed by atoms with Gasteiger partial charge in [0.2, 0.25) is 6.79 Å². The lowest BCUT2D eigenvalue weighted by molar-refractivity contribution is -0.142. The van der Waals surface area contributed by atoms with E-state index in [0.29, 0.717) is 6.42 Å². The van der Waals surface area contributed by atoms with Gasteiger partial charge in [-0.2, -0.15) is 0 Å². The van der Waals surface area contributed by atoms with Crippen LogP contribution in [0.1, 0.15) is 18.9 Å². The van der Waals surface area contributed by atoms with Gasteiger partial charge in [-0.3, -0.25) is 4.79 Å². The molecule has 5 heteroatoms. The topological polar surface area (TPSA) is 70.8 Å². The molecule has 1 aliphatic rings. The van der Waals surface area contributed by atoms with Crippen LogP contribution in [0.15, 0.2) is 18.2 Å². The molecule has 0 spiro atoms. The van der Waals surface area contributed by atoms with Gasteiger partial charge in [0.15, 0.2) is 11.5 Å². The van der Waals surface area contributed by atoms with Gasteiger partial charge in [-0.1, -0.05) is 13.0 Å². The summed E-state index contributed by atoms with van der Waals surface area (Å²) in [7, 11) is 1.35. The summed E-state index contributed by atoms with van der Waals surface area (Å²) >= 11 is 0. The Bertz CT molecular complexity index is 461. The number of ether oxygens (including phenoxy) is 3. The number of esters is 1. The number of rotatable bonds is 5. The Morgan fingerprint density at radius 2 is 2.16 bits per heavy atom. The van der Waals surface area contributed by atoms with Crippen molar-refractivity contribution < 1.29 is 19.0 Å². The summed E-state index contributed by atoms with van der Waals surface area (Å²) in [5.41, 5.74) is 6.90. The SMILES string of the molecule is COC(=O)C(N)CC(C)Cc1ccc2c(c1)OCO2. The molecule has 1 aromatic rings. The normalized spacial score (nSPS) is 15.9. The van der Waals surface area contributed by atoms with Gasteiger partial charge in [0.25, 0.3) is 0 Å². The molecule has 0 aliphatic carbocycles. The van der Waals surface area contributed by atoms with Gasteiger partial charge < -0.3 is 19.9 Å². The standard InChI is InChI=1S/C14H19NO4/c1-9(6-11(15)14(16)17-2)5-10-3-4-12-13(7-10)19-8-18-12/h3-4,7,9,11H,5-6,8,15H2,1-2H3. The van der Waals surface area contributed by atoms with Crippen molar-refractivity contribution in [3.05, 3.63) is 23.8 Å². The second-order valence-corrected chi connectivity index (χ2v) is 4.86. The van der Waals surface area contributed by atoms with Gasteiger partial charge in [0.1, 0.15) is 6.04 Å². The van der Waals surface area contributed by atoms with E-state index in [0.717, 1.165) is 23.5 Å². The molecule has 0 bridgehead atoms. The van der Waals surface area contributed by atoms with Crippen molar-refractivity contribution in [2.24, 2.45) is 11.7 Å². The highest BCUT2D eigenvalue weighted by molar-refractivity contribution is 5.75. The quantitative estimate of drug-likeness (QED) is 0.817. The van der Waals surface area contributed by atoms with E-state index in [1.807, 2.05) is 18.2 Å². The summed E-state index contributed by atoms with van der Waals surface area (Å²) in [5, 5.41) is 0. The van der Waals surface area contributed by atoms with E-state index < -0.39 is 6.04 Å². The zero-order chi connectivity index (χ0) is 13.8. The van der Waals surface area contributed by atoms with Gasteiger partial charge in [0, 0.05) is 0 Å². The Morgan fingerprint density at radius 1 is 1.42 bits per heavy atom. The van der Waals surface area contributed by atoms with Gasteiger partial charge in [-0.25, -0.2) is 0 Å². The summed E-state index contributed by atoms with van der Waals surface area (Å²) in [6, 6.07) is 5.33. The van der Waals surface area contributed by atoms with E-state index >= 15 is 0 Å². The van der Waals surface area contributed by atoms with Crippen LogP contribution in [-0.4, -0.2) is 25.9 Å². The number of carbonyl (C=O) groups is 1. The fourth-order valence-electron chi connectivity index (χ4n) is 2.23. The average Bonchev–Trinajstić information content (AvgIpc) is 2.84. The fraction of sp³-hybridized carbons (Fsp3) is 0.500. The number of fused-ring (bicyclic) bond motifs is 1.